The number of rotatable bonds is 7. The molecule has 1 aliphatic heterocycles. The van der Waals surface area contributed by atoms with E-state index in [0.29, 0.717) is 12.1 Å². The quantitative estimate of drug-likeness (QED) is 0.133. The van der Waals surface area contributed by atoms with Gasteiger partial charge in [0.25, 0.3) is 11.6 Å². The van der Waals surface area contributed by atoms with Crippen LogP contribution in [0.5, 0.6) is 0 Å². The van der Waals surface area contributed by atoms with Crippen LogP contribution in [0, 0.1) is 10.1 Å². The first kappa shape index (κ1) is 23.5. The lowest BCUT2D eigenvalue weighted by Crippen LogP contribution is -2.30. The molecule has 0 bridgehead atoms. The van der Waals surface area contributed by atoms with Crippen molar-refractivity contribution in [3.63, 3.8) is 0 Å². The lowest BCUT2D eigenvalue weighted by Gasteiger charge is -2.09. The zero-order valence-electron chi connectivity index (χ0n) is 19.5. The van der Waals surface area contributed by atoms with Gasteiger partial charge in [0.2, 0.25) is 5.76 Å². The molecule has 37 heavy (non-hydrogen) atoms. The number of aromatic nitrogens is 1. The van der Waals surface area contributed by atoms with Gasteiger partial charge >= 0.3 is 12.0 Å². The lowest BCUT2D eigenvalue weighted by atomic mass is 10.1. The van der Waals surface area contributed by atoms with Crippen LogP contribution in [0.1, 0.15) is 27.4 Å². The molecule has 0 spiro atoms. The Bertz CT molecular complexity index is 1580. The molecule has 1 fully saturated rings. The summed E-state index contributed by atoms with van der Waals surface area (Å²) in [6, 6.07) is 16.2. The normalized spacial score (nSPS) is 14.4. The Morgan fingerprint density at radius 2 is 1.84 bits per heavy atom. The number of fused-ring (bicyclic) bond motifs is 1. The van der Waals surface area contributed by atoms with Gasteiger partial charge in [-0.2, -0.15) is 0 Å². The maximum atomic E-state index is 13.0. The van der Waals surface area contributed by atoms with Crippen molar-refractivity contribution < 1.29 is 28.5 Å². The molecule has 0 atom stereocenters. The number of hydrogen-bond donors (Lipinski definition) is 1. The van der Waals surface area contributed by atoms with E-state index in [2.05, 4.69) is 10.1 Å². The fraction of sp³-hybridized carbons (Fsp3) is 0.115. The molecule has 1 saturated heterocycles. The Hall–Kier alpha value is -5.19. The molecule has 4 aromatic rings. The van der Waals surface area contributed by atoms with Gasteiger partial charge in [0.05, 0.1) is 18.6 Å². The number of para-hydroxylation sites is 1. The molecule has 3 heterocycles. The summed E-state index contributed by atoms with van der Waals surface area (Å²) in [4.78, 5) is 48.6. The zero-order valence-corrected chi connectivity index (χ0v) is 19.5. The monoisotopic (exact) mass is 500 g/mol. The van der Waals surface area contributed by atoms with E-state index in [0.717, 1.165) is 21.4 Å². The highest BCUT2D eigenvalue weighted by atomic mass is 16.6. The molecule has 11 heteroatoms. The minimum absolute atomic E-state index is 0.0163. The maximum Gasteiger partial charge on any atom is 0.373 e. The van der Waals surface area contributed by atoms with Gasteiger partial charge in [0, 0.05) is 41.3 Å². The van der Waals surface area contributed by atoms with Crippen LogP contribution in [-0.2, 0) is 22.6 Å². The summed E-state index contributed by atoms with van der Waals surface area (Å²) in [7, 11) is 1.22. The van der Waals surface area contributed by atoms with Crippen molar-refractivity contribution in [2.45, 2.75) is 13.1 Å². The van der Waals surface area contributed by atoms with E-state index >= 15 is 0 Å². The van der Waals surface area contributed by atoms with Crippen molar-refractivity contribution in [3.05, 3.63) is 105 Å². The number of urea groups is 1. The molecule has 0 saturated carbocycles. The fourth-order valence-corrected chi connectivity index (χ4v) is 4.14. The van der Waals surface area contributed by atoms with E-state index in [9.17, 15) is 24.5 Å². The number of carbonyl (C=O) groups excluding carboxylic acids is 3. The van der Waals surface area contributed by atoms with Gasteiger partial charge in [-0.15, -0.1) is 0 Å². The largest absolute Gasteiger partial charge is 0.463 e. The topological polar surface area (TPSA) is 137 Å². The van der Waals surface area contributed by atoms with Crippen LogP contribution < -0.4 is 5.32 Å². The molecular formula is C26H20N4O7. The molecule has 2 aromatic heterocycles. The molecule has 2 aromatic carbocycles. The Morgan fingerprint density at radius 1 is 1.08 bits per heavy atom. The molecular weight excluding hydrogens is 480 g/mol. The molecule has 5 rings (SSSR count). The number of ether oxygens (including phenoxy) is 1. The van der Waals surface area contributed by atoms with E-state index in [1.165, 1.54) is 31.4 Å². The summed E-state index contributed by atoms with van der Waals surface area (Å²) >= 11 is 0. The van der Waals surface area contributed by atoms with Crippen LogP contribution in [-0.4, -0.2) is 39.4 Å². The van der Waals surface area contributed by atoms with Crippen molar-refractivity contribution in [1.29, 1.82) is 0 Å². The predicted molar refractivity (Wildman–Crippen MR) is 131 cm³/mol. The summed E-state index contributed by atoms with van der Waals surface area (Å²) in [5.74, 6) is -0.964. The van der Waals surface area contributed by atoms with Gasteiger partial charge in [-0.3, -0.25) is 19.8 Å². The Morgan fingerprint density at radius 3 is 2.57 bits per heavy atom. The number of methoxy groups -OCH3 is 1. The lowest BCUT2D eigenvalue weighted by molar-refractivity contribution is -0.384. The summed E-state index contributed by atoms with van der Waals surface area (Å²) in [6.07, 6.45) is 3.47. The molecule has 0 unspecified atom stereocenters. The number of non-ortho nitro benzene ring substituents is 1. The van der Waals surface area contributed by atoms with Gasteiger partial charge in [0.15, 0.2) is 0 Å². The summed E-state index contributed by atoms with van der Waals surface area (Å²) < 4.78 is 12.0. The molecule has 1 aliphatic rings. The smallest absolute Gasteiger partial charge is 0.373 e. The number of furan rings is 1. The number of benzene rings is 2. The van der Waals surface area contributed by atoms with Crippen LogP contribution in [0.3, 0.4) is 0 Å². The number of amides is 3. The highest BCUT2D eigenvalue weighted by molar-refractivity contribution is 6.14. The van der Waals surface area contributed by atoms with Crippen LogP contribution >= 0.6 is 0 Å². The standard InChI is InChI=1S/C26H20N4O7/c1-36-25(32)23-11-10-19(37-23)15-29-24(31)21(27-26(29)33)12-17-14-28(22-5-3-2-4-20(17)22)13-16-6-8-18(9-7-16)30(34)35/h2-12,14H,13,15H2,1H3,(H,27,33)/b21-12-. The summed E-state index contributed by atoms with van der Waals surface area (Å²) in [5.41, 5.74) is 2.60. The molecule has 3 amide bonds. The second kappa shape index (κ2) is 9.46. The van der Waals surface area contributed by atoms with E-state index in [1.807, 2.05) is 35.0 Å². The first-order valence-electron chi connectivity index (χ1n) is 11.2. The average molecular weight is 500 g/mol. The van der Waals surface area contributed by atoms with Crippen molar-refractivity contribution >= 4 is 40.6 Å². The third-order valence-electron chi connectivity index (χ3n) is 5.94. The number of nitrogens with one attached hydrogen (secondary N) is 1. The van der Waals surface area contributed by atoms with E-state index in [1.54, 1.807) is 18.2 Å². The van der Waals surface area contributed by atoms with Crippen LogP contribution in [0.25, 0.3) is 17.0 Å². The average Bonchev–Trinajstić information content (AvgIpc) is 3.58. The van der Waals surface area contributed by atoms with Crippen molar-refractivity contribution in [2.24, 2.45) is 0 Å². The Labute approximate surface area is 209 Å². The number of hydrogen-bond acceptors (Lipinski definition) is 7. The maximum absolute atomic E-state index is 13.0. The van der Waals surface area contributed by atoms with E-state index < -0.39 is 22.8 Å². The second-order valence-electron chi connectivity index (χ2n) is 8.29. The Kier molecular flexibility index (Phi) is 6.02. The first-order chi connectivity index (χ1) is 17.8. The molecule has 1 N–H and O–H groups in total. The number of nitro groups is 1. The number of nitrogens with zero attached hydrogens (tertiary/aromatic N) is 3. The highest BCUT2D eigenvalue weighted by Crippen LogP contribution is 2.26. The van der Waals surface area contributed by atoms with Crippen molar-refractivity contribution in [1.82, 2.24) is 14.8 Å². The van der Waals surface area contributed by atoms with E-state index in [4.69, 9.17) is 4.42 Å². The molecule has 186 valence electrons. The van der Waals surface area contributed by atoms with Crippen LogP contribution in [0.15, 0.2) is 77.0 Å². The zero-order chi connectivity index (χ0) is 26.1. The number of nitro benzene ring substituents is 1. The molecule has 0 aliphatic carbocycles. The second-order valence-corrected chi connectivity index (χ2v) is 8.29. The Balaban J connectivity index is 1.40. The van der Waals surface area contributed by atoms with Gasteiger partial charge < -0.3 is 19.0 Å². The van der Waals surface area contributed by atoms with E-state index in [-0.39, 0.29) is 29.4 Å². The van der Waals surface area contributed by atoms with Crippen molar-refractivity contribution in [2.75, 3.05) is 7.11 Å². The third kappa shape index (κ3) is 4.57. The number of imide groups is 1. The van der Waals surface area contributed by atoms with Gasteiger partial charge in [-0.1, -0.05) is 30.3 Å². The highest BCUT2D eigenvalue weighted by Gasteiger charge is 2.34. The first-order valence-corrected chi connectivity index (χ1v) is 11.2. The van der Waals surface area contributed by atoms with Gasteiger partial charge in [-0.05, 0) is 29.8 Å². The molecule has 0 radical (unpaired) electrons. The number of carbonyl (C=O) groups is 3. The summed E-state index contributed by atoms with van der Waals surface area (Å²) in [6.45, 7) is 0.302. The number of esters is 1. The molecule has 11 nitrogen and oxygen atoms in total. The van der Waals surface area contributed by atoms with Crippen LogP contribution in [0.2, 0.25) is 0 Å². The van der Waals surface area contributed by atoms with Gasteiger partial charge in [-0.25, -0.2) is 9.59 Å². The van der Waals surface area contributed by atoms with Crippen molar-refractivity contribution in [3.8, 4) is 0 Å². The minimum atomic E-state index is -0.658. The summed E-state index contributed by atoms with van der Waals surface area (Å²) in [5, 5.41) is 14.4. The third-order valence-corrected chi connectivity index (χ3v) is 5.94. The predicted octanol–water partition coefficient (Wildman–Crippen LogP) is 4.07. The van der Waals surface area contributed by atoms with Gasteiger partial charge in [0.1, 0.15) is 11.5 Å². The minimum Gasteiger partial charge on any atom is -0.463 e. The SMILES string of the molecule is COC(=O)c1ccc(CN2C(=O)N/C(=C\c3cn(Cc4ccc([N+](=O)[O-])cc4)c4ccccc34)C2=O)o1. The van der Waals surface area contributed by atoms with Crippen LogP contribution in [0.4, 0.5) is 10.5 Å². The fourth-order valence-electron chi connectivity index (χ4n) is 4.14.